The SMILES string of the molecule is CCc1cnc(CNC(=NC)NCCCOc2cccc(OC)c2)s1.I. The van der Waals surface area contributed by atoms with E-state index in [-0.39, 0.29) is 24.0 Å². The van der Waals surface area contributed by atoms with Crippen LogP contribution in [-0.2, 0) is 13.0 Å². The van der Waals surface area contributed by atoms with Crippen LogP contribution >= 0.6 is 35.3 Å². The van der Waals surface area contributed by atoms with Gasteiger partial charge in [0.1, 0.15) is 16.5 Å². The first-order valence-electron chi connectivity index (χ1n) is 8.40. The Labute approximate surface area is 176 Å². The van der Waals surface area contributed by atoms with Gasteiger partial charge in [0.25, 0.3) is 0 Å². The lowest BCUT2D eigenvalue weighted by molar-refractivity contribution is 0.308. The molecule has 0 amide bonds. The summed E-state index contributed by atoms with van der Waals surface area (Å²) in [6.45, 7) is 4.23. The van der Waals surface area contributed by atoms with E-state index in [9.17, 15) is 0 Å². The van der Waals surface area contributed by atoms with E-state index in [0.717, 1.165) is 41.9 Å². The van der Waals surface area contributed by atoms with E-state index in [2.05, 4.69) is 27.5 Å². The molecule has 0 radical (unpaired) electrons. The van der Waals surface area contributed by atoms with Crippen LogP contribution in [0, 0.1) is 0 Å². The normalized spacial score (nSPS) is 10.8. The summed E-state index contributed by atoms with van der Waals surface area (Å²) in [6.07, 6.45) is 3.83. The van der Waals surface area contributed by atoms with Crippen LogP contribution in [0.2, 0.25) is 0 Å². The Hall–Kier alpha value is -1.55. The molecule has 0 aliphatic heterocycles. The van der Waals surface area contributed by atoms with E-state index in [0.29, 0.717) is 13.2 Å². The first kappa shape index (κ1) is 22.5. The molecule has 144 valence electrons. The number of nitrogens with zero attached hydrogens (tertiary/aromatic N) is 2. The lowest BCUT2D eigenvalue weighted by atomic mass is 10.3. The molecule has 0 bridgehead atoms. The fourth-order valence-corrected chi connectivity index (χ4v) is 2.94. The number of nitrogens with one attached hydrogen (secondary N) is 2. The van der Waals surface area contributed by atoms with Crippen molar-refractivity contribution in [3.8, 4) is 11.5 Å². The number of ether oxygens (including phenoxy) is 2. The summed E-state index contributed by atoms with van der Waals surface area (Å²) in [5.74, 6) is 2.39. The molecule has 0 aliphatic carbocycles. The molecule has 0 spiro atoms. The van der Waals surface area contributed by atoms with Crippen LogP contribution in [0.3, 0.4) is 0 Å². The minimum absolute atomic E-state index is 0. The molecule has 0 unspecified atom stereocenters. The van der Waals surface area contributed by atoms with Crippen molar-refractivity contribution in [2.24, 2.45) is 4.99 Å². The van der Waals surface area contributed by atoms with Crippen molar-refractivity contribution < 1.29 is 9.47 Å². The van der Waals surface area contributed by atoms with Crippen LogP contribution in [0.15, 0.2) is 35.5 Å². The van der Waals surface area contributed by atoms with Gasteiger partial charge < -0.3 is 20.1 Å². The number of hydrogen-bond donors (Lipinski definition) is 2. The molecule has 6 nitrogen and oxygen atoms in total. The monoisotopic (exact) mass is 490 g/mol. The zero-order chi connectivity index (χ0) is 17.9. The molecule has 2 aromatic rings. The van der Waals surface area contributed by atoms with Gasteiger partial charge in [0.2, 0.25) is 0 Å². The molecule has 0 fully saturated rings. The van der Waals surface area contributed by atoms with Crippen LogP contribution in [0.5, 0.6) is 11.5 Å². The number of thiazole rings is 1. The van der Waals surface area contributed by atoms with Gasteiger partial charge in [0, 0.05) is 30.7 Å². The average Bonchev–Trinajstić information content (AvgIpc) is 3.12. The van der Waals surface area contributed by atoms with E-state index in [1.807, 2.05) is 30.5 Å². The third-order valence-corrected chi connectivity index (χ3v) is 4.65. The van der Waals surface area contributed by atoms with Gasteiger partial charge in [0.05, 0.1) is 20.3 Å². The van der Waals surface area contributed by atoms with E-state index < -0.39 is 0 Å². The molecule has 26 heavy (non-hydrogen) atoms. The number of hydrogen-bond acceptors (Lipinski definition) is 5. The Balaban J connectivity index is 0.00000338. The van der Waals surface area contributed by atoms with E-state index in [4.69, 9.17) is 9.47 Å². The number of methoxy groups -OCH3 is 1. The maximum atomic E-state index is 5.72. The van der Waals surface area contributed by atoms with E-state index in [1.54, 1.807) is 25.5 Å². The maximum Gasteiger partial charge on any atom is 0.191 e. The fourth-order valence-electron chi connectivity index (χ4n) is 2.13. The third kappa shape index (κ3) is 7.77. The number of rotatable bonds is 9. The second-order valence-corrected chi connectivity index (χ2v) is 6.51. The van der Waals surface area contributed by atoms with Gasteiger partial charge in [-0.05, 0) is 25.0 Å². The number of aromatic nitrogens is 1. The Morgan fingerprint density at radius 2 is 2.08 bits per heavy atom. The Bertz CT molecular complexity index is 679. The van der Waals surface area contributed by atoms with Crippen molar-refractivity contribution in [2.75, 3.05) is 27.3 Å². The highest BCUT2D eigenvalue weighted by molar-refractivity contribution is 14.0. The summed E-state index contributed by atoms with van der Waals surface area (Å²) in [7, 11) is 3.41. The molecular weight excluding hydrogens is 463 g/mol. The van der Waals surface area contributed by atoms with Crippen molar-refractivity contribution in [1.29, 1.82) is 0 Å². The molecule has 8 heteroatoms. The Morgan fingerprint density at radius 3 is 2.77 bits per heavy atom. The molecule has 2 N–H and O–H groups in total. The van der Waals surface area contributed by atoms with Gasteiger partial charge in [-0.1, -0.05) is 13.0 Å². The van der Waals surface area contributed by atoms with Crippen LogP contribution in [0.1, 0.15) is 23.2 Å². The number of benzene rings is 1. The Morgan fingerprint density at radius 1 is 1.27 bits per heavy atom. The second kappa shape index (κ2) is 12.7. The van der Waals surface area contributed by atoms with Gasteiger partial charge >= 0.3 is 0 Å². The molecule has 0 atom stereocenters. The van der Waals surface area contributed by atoms with Gasteiger partial charge in [-0.25, -0.2) is 4.98 Å². The zero-order valence-electron chi connectivity index (χ0n) is 15.4. The van der Waals surface area contributed by atoms with Crippen LogP contribution in [-0.4, -0.2) is 38.3 Å². The molecule has 0 saturated heterocycles. The van der Waals surface area contributed by atoms with Gasteiger partial charge in [0.15, 0.2) is 5.96 Å². The van der Waals surface area contributed by atoms with Crippen LogP contribution in [0.4, 0.5) is 0 Å². The van der Waals surface area contributed by atoms with Crippen molar-refractivity contribution >= 4 is 41.3 Å². The highest BCUT2D eigenvalue weighted by atomic mass is 127. The van der Waals surface area contributed by atoms with E-state index in [1.165, 1.54) is 4.88 Å². The number of guanidine groups is 1. The minimum atomic E-state index is 0. The van der Waals surface area contributed by atoms with Crippen molar-refractivity contribution in [3.63, 3.8) is 0 Å². The smallest absolute Gasteiger partial charge is 0.191 e. The second-order valence-electron chi connectivity index (χ2n) is 5.31. The van der Waals surface area contributed by atoms with Crippen LogP contribution in [0.25, 0.3) is 0 Å². The van der Waals surface area contributed by atoms with Crippen molar-refractivity contribution in [2.45, 2.75) is 26.3 Å². The number of aryl methyl sites for hydroxylation is 1. The molecule has 1 aromatic heterocycles. The largest absolute Gasteiger partial charge is 0.497 e. The third-order valence-electron chi connectivity index (χ3n) is 3.50. The average molecular weight is 490 g/mol. The van der Waals surface area contributed by atoms with Gasteiger partial charge in [-0.3, -0.25) is 4.99 Å². The molecule has 1 aromatic carbocycles. The minimum Gasteiger partial charge on any atom is -0.497 e. The molecule has 2 rings (SSSR count). The van der Waals surface area contributed by atoms with Gasteiger partial charge in [-0.2, -0.15) is 0 Å². The quantitative estimate of drug-likeness (QED) is 0.244. The predicted molar refractivity (Wildman–Crippen MR) is 118 cm³/mol. The maximum absolute atomic E-state index is 5.72. The first-order chi connectivity index (χ1) is 12.2. The summed E-state index contributed by atoms with van der Waals surface area (Å²) in [5.41, 5.74) is 0. The molecule has 1 heterocycles. The zero-order valence-corrected chi connectivity index (χ0v) is 18.6. The summed E-state index contributed by atoms with van der Waals surface area (Å²) in [5, 5.41) is 7.63. The van der Waals surface area contributed by atoms with Crippen molar-refractivity contribution in [1.82, 2.24) is 15.6 Å². The fraction of sp³-hybridized carbons (Fsp3) is 0.444. The Kier molecular flexibility index (Phi) is 11.0. The van der Waals surface area contributed by atoms with E-state index >= 15 is 0 Å². The predicted octanol–water partition coefficient (Wildman–Crippen LogP) is 3.47. The van der Waals surface area contributed by atoms with Crippen molar-refractivity contribution in [3.05, 3.63) is 40.3 Å². The number of halogens is 1. The summed E-state index contributed by atoms with van der Waals surface area (Å²) >= 11 is 1.73. The number of aliphatic imine (C=N–C) groups is 1. The highest BCUT2D eigenvalue weighted by Crippen LogP contribution is 2.18. The lowest BCUT2D eigenvalue weighted by Gasteiger charge is -2.11. The standard InChI is InChI=1S/C18H26N4O2S.HI/c1-4-16-12-21-17(25-16)13-22-18(19-2)20-9-6-10-24-15-8-5-7-14(11-15)23-3;/h5,7-8,11-12H,4,6,9-10,13H2,1-3H3,(H2,19,20,22);1H. The topological polar surface area (TPSA) is 67.8 Å². The lowest BCUT2D eigenvalue weighted by Crippen LogP contribution is -2.37. The molecule has 0 saturated carbocycles. The molecular formula is C18H27IN4O2S. The first-order valence-corrected chi connectivity index (χ1v) is 9.21. The van der Waals surface area contributed by atoms with Gasteiger partial charge in [-0.15, -0.1) is 35.3 Å². The summed E-state index contributed by atoms with van der Waals surface area (Å²) in [6, 6.07) is 7.62. The van der Waals surface area contributed by atoms with Crippen LogP contribution < -0.4 is 20.1 Å². The molecule has 0 aliphatic rings. The highest BCUT2D eigenvalue weighted by Gasteiger charge is 2.03. The summed E-state index contributed by atoms with van der Waals surface area (Å²) in [4.78, 5) is 9.92. The summed E-state index contributed by atoms with van der Waals surface area (Å²) < 4.78 is 10.9.